The van der Waals surface area contributed by atoms with E-state index in [2.05, 4.69) is 28.1 Å². The number of nitrogens with two attached hydrogens (primary N) is 2. The minimum absolute atomic E-state index is 0.0321. The van der Waals surface area contributed by atoms with Gasteiger partial charge in [0.1, 0.15) is 22.6 Å². The molecule has 1 aliphatic rings. The number of alkyl halides is 1. The fourth-order valence-corrected chi connectivity index (χ4v) is 6.28. The second-order valence-corrected chi connectivity index (χ2v) is 12.0. The number of phosphoric ester groups is 1. The standard InChI is InChI=1S/C11H18ClN6O12P3/c1-11(12)6(19)4(2-27-32(23,24)30-33(25,26)29-31(20,21)22)28-9(11)18-3-15-5-7(13)16-10(14)17-8(5)18/h3-4,6,9,19H,2H2,1H3,(H,23,24)(H,25,26)(H2,20,21,22)(H4,13,14,16,17). The van der Waals surface area contributed by atoms with Crippen molar-refractivity contribution >= 4 is 58.0 Å². The number of hydrogen-bond acceptors (Lipinski definition) is 13. The highest BCUT2D eigenvalue weighted by molar-refractivity contribution is 7.66. The van der Waals surface area contributed by atoms with E-state index in [1.165, 1.54) is 17.8 Å². The molecule has 0 spiro atoms. The zero-order valence-electron chi connectivity index (χ0n) is 16.3. The van der Waals surface area contributed by atoms with Crippen molar-refractivity contribution in [3.05, 3.63) is 6.33 Å². The predicted octanol–water partition coefficient (Wildman–Crippen LogP) is -0.410. The molecule has 3 heterocycles. The molecule has 2 aromatic rings. The van der Waals surface area contributed by atoms with Gasteiger partial charge < -0.3 is 40.9 Å². The van der Waals surface area contributed by atoms with Crippen LogP contribution < -0.4 is 11.5 Å². The average molecular weight is 555 g/mol. The molecule has 22 heteroatoms. The van der Waals surface area contributed by atoms with Crippen LogP contribution in [0.3, 0.4) is 0 Å². The van der Waals surface area contributed by atoms with E-state index in [9.17, 15) is 28.6 Å². The van der Waals surface area contributed by atoms with E-state index in [1.54, 1.807) is 0 Å². The van der Waals surface area contributed by atoms with Gasteiger partial charge in [-0.3, -0.25) is 9.09 Å². The van der Waals surface area contributed by atoms with Crippen molar-refractivity contribution in [1.29, 1.82) is 0 Å². The van der Waals surface area contributed by atoms with Gasteiger partial charge in [-0.2, -0.15) is 18.6 Å². The van der Waals surface area contributed by atoms with Crippen molar-refractivity contribution in [1.82, 2.24) is 19.5 Å². The molecule has 0 aliphatic carbocycles. The van der Waals surface area contributed by atoms with Crippen LogP contribution in [-0.4, -0.2) is 67.9 Å². The van der Waals surface area contributed by atoms with Crippen LogP contribution in [0.5, 0.6) is 0 Å². The van der Waals surface area contributed by atoms with Crippen molar-refractivity contribution in [2.24, 2.45) is 0 Å². The Bertz CT molecular complexity index is 1200. The van der Waals surface area contributed by atoms with E-state index in [4.69, 9.17) is 37.6 Å². The molecule has 0 aromatic carbocycles. The Morgan fingerprint density at radius 2 is 1.82 bits per heavy atom. The van der Waals surface area contributed by atoms with Crippen LogP contribution in [-0.2, 0) is 31.6 Å². The Morgan fingerprint density at radius 1 is 1.18 bits per heavy atom. The lowest BCUT2D eigenvalue weighted by molar-refractivity contribution is -0.0432. The van der Waals surface area contributed by atoms with Crippen molar-refractivity contribution in [3.63, 3.8) is 0 Å². The summed E-state index contributed by atoms with van der Waals surface area (Å²) in [5.41, 5.74) is 11.6. The summed E-state index contributed by atoms with van der Waals surface area (Å²) in [5.74, 6) is -0.212. The van der Waals surface area contributed by atoms with E-state index in [0.29, 0.717) is 0 Å². The summed E-state index contributed by atoms with van der Waals surface area (Å²) in [4.78, 5) is 46.1. The number of hydrogen-bond donors (Lipinski definition) is 7. The number of anilines is 2. The van der Waals surface area contributed by atoms with Crippen LogP contribution >= 0.6 is 35.1 Å². The van der Waals surface area contributed by atoms with Gasteiger partial charge in [-0.1, -0.05) is 0 Å². The van der Waals surface area contributed by atoms with Gasteiger partial charge in [0.05, 0.1) is 12.9 Å². The van der Waals surface area contributed by atoms with Crippen molar-refractivity contribution in [2.45, 2.75) is 30.2 Å². The molecule has 0 saturated carbocycles. The quantitative estimate of drug-likeness (QED) is 0.161. The molecule has 3 rings (SSSR count). The third kappa shape index (κ3) is 5.89. The number of nitrogen functional groups attached to an aromatic ring is 2. The lowest BCUT2D eigenvalue weighted by Crippen LogP contribution is -2.39. The molecule has 6 unspecified atom stereocenters. The van der Waals surface area contributed by atoms with E-state index < -0.39 is 53.4 Å². The van der Waals surface area contributed by atoms with E-state index in [1.807, 2.05) is 0 Å². The average Bonchev–Trinajstić information content (AvgIpc) is 3.10. The number of nitrogens with zero attached hydrogens (tertiary/aromatic N) is 4. The second kappa shape index (κ2) is 8.77. The van der Waals surface area contributed by atoms with Crippen LogP contribution in [0, 0.1) is 0 Å². The summed E-state index contributed by atoms with van der Waals surface area (Å²) in [5, 5.41) is 10.6. The van der Waals surface area contributed by atoms with Crippen molar-refractivity contribution in [3.8, 4) is 0 Å². The molecule has 9 N–H and O–H groups in total. The zero-order chi connectivity index (χ0) is 25.0. The number of imidazole rings is 1. The summed E-state index contributed by atoms with van der Waals surface area (Å²) < 4.78 is 52.6. The lowest BCUT2D eigenvalue weighted by Gasteiger charge is -2.26. The fraction of sp³-hybridized carbons (Fsp3) is 0.545. The van der Waals surface area contributed by atoms with E-state index in [0.717, 1.165) is 0 Å². The Kier molecular flexibility index (Phi) is 7.01. The van der Waals surface area contributed by atoms with Gasteiger partial charge in [-0.05, 0) is 6.92 Å². The number of rotatable bonds is 8. The maximum atomic E-state index is 11.9. The molecule has 6 atom stereocenters. The zero-order valence-corrected chi connectivity index (χ0v) is 19.7. The molecular formula is C11H18ClN6O12P3. The van der Waals surface area contributed by atoms with Gasteiger partial charge in [0.15, 0.2) is 17.7 Å². The highest BCUT2D eigenvalue weighted by atomic mass is 35.5. The molecule has 2 aromatic heterocycles. The van der Waals surface area contributed by atoms with Crippen LogP contribution in [0.4, 0.5) is 11.8 Å². The Labute approximate surface area is 188 Å². The maximum absolute atomic E-state index is 11.9. The lowest BCUT2D eigenvalue weighted by atomic mass is 10.0. The highest BCUT2D eigenvalue weighted by Gasteiger charge is 2.54. The van der Waals surface area contributed by atoms with Crippen LogP contribution in [0.25, 0.3) is 11.2 Å². The summed E-state index contributed by atoms with van der Waals surface area (Å²) in [6.07, 6.45) is -2.91. The molecule has 0 radical (unpaired) electrons. The first-order chi connectivity index (χ1) is 14.9. The number of aromatic nitrogens is 4. The third-order valence-electron chi connectivity index (χ3n) is 4.25. The van der Waals surface area contributed by atoms with E-state index in [-0.39, 0.29) is 22.9 Å². The summed E-state index contributed by atoms with van der Waals surface area (Å²) >= 11 is 6.44. The minimum Gasteiger partial charge on any atom is -0.388 e. The normalized spacial score (nSPS) is 29.7. The number of phosphoric acid groups is 3. The number of halogens is 1. The van der Waals surface area contributed by atoms with Crippen molar-refractivity contribution < 1.29 is 56.3 Å². The van der Waals surface area contributed by atoms with Gasteiger partial charge in [0.25, 0.3) is 0 Å². The summed E-state index contributed by atoms with van der Waals surface area (Å²) in [6, 6.07) is 0. The van der Waals surface area contributed by atoms with Gasteiger partial charge in [0, 0.05) is 0 Å². The summed E-state index contributed by atoms with van der Waals surface area (Å²) in [7, 11) is -16.7. The highest BCUT2D eigenvalue weighted by Crippen LogP contribution is 2.66. The molecule has 0 bridgehead atoms. The molecule has 18 nitrogen and oxygen atoms in total. The van der Waals surface area contributed by atoms with Gasteiger partial charge in [0.2, 0.25) is 5.95 Å². The molecule has 1 aliphatic heterocycles. The molecule has 1 fully saturated rings. The number of aliphatic hydroxyl groups excluding tert-OH is 1. The SMILES string of the molecule is CC1(Cl)C(O)C(COP(=O)(O)OP(=O)(O)OP(=O)(O)O)OC1n1cnc2c(N)nc(N)nc21. The Balaban J connectivity index is 1.77. The van der Waals surface area contributed by atoms with Crippen LogP contribution in [0.2, 0.25) is 0 Å². The third-order valence-corrected chi connectivity index (χ3v) is 8.47. The molecule has 33 heavy (non-hydrogen) atoms. The molecule has 0 amide bonds. The first-order valence-electron chi connectivity index (χ1n) is 8.48. The predicted molar refractivity (Wildman–Crippen MR) is 108 cm³/mol. The number of aliphatic hydroxyl groups is 1. The number of fused-ring (bicyclic) bond motifs is 1. The van der Waals surface area contributed by atoms with Gasteiger partial charge in [-0.25, -0.2) is 18.7 Å². The topological polar surface area (TPSA) is 285 Å². The largest absolute Gasteiger partial charge is 0.490 e. The number of ether oxygens (including phenoxy) is 1. The Morgan fingerprint density at radius 3 is 2.42 bits per heavy atom. The van der Waals surface area contributed by atoms with E-state index >= 15 is 0 Å². The first kappa shape index (κ1) is 26.4. The van der Waals surface area contributed by atoms with Crippen molar-refractivity contribution in [2.75, 3.05) is 18.1 Å². The maximum Gasteiger partial charge on any atom is 0.490 e. The minimum atomic E-state index is -5.71. The molecular weight excluding hydrogens is 537 g/mol. The first-order valence-corrected chi connectivity index (χ1v) is 13.4. The van der Waals surface area contributed by atoms with Crippen LogP contribution in [0.15, 0.2) is 6.33 Å². The smallest absolute Gasteiger partial charge is 0.388 e. The van der Waals surface area contributed by atoms with Gasteiger partial charge in [-0.15, -0.1) is 11.6 Å². The molecule has 186 valence electrons. The summed E-state index contributed by atoms with van der Waals surface area (Å²) in [6.45, 7) is 0.448. The molecule has 1 saturated heterocycles. The van der Waals surface area contributed by atoms with Crippen LogP contribution in [0.1, 0.15) is 13.2 Å². The monoisotopic (exact) mass is 554 g/mol. The fourth-order valence-electron chi connectivity index (χ4n) is 2.95. The van der Waals surface area contributed by atoms with Gasteiger partial charge >= 0.3 is 23.5 Å². The Hall–Kier alpha value is -1.23. The second-order valence-electron chi connectivity index (χ2n) is 6.80.